The first kappa shape index (κ1) is 13.2. The van der Waals surface area contributed by atoms with Gasteiger partial charge in [0.15, 0.2) is 0 Å². The van der Waals surface area contributed by atoms with Gasteiger partial charge in [0.2, 0.25) is 0 Å². The second kappa shape index (κ2) is 6.05. The summed E-state index contributed by atoms with van der Waals surface area (Å²) < 4.78 is 0. The van der Waals surface area contributed by atoms with E-state index in [1.807, 2.05) is 0 Å². The highest BCUT2D eigenvalue weighted by atomic mass is 79.9. The monoisotopic (exact) mass is 303 g/mol. The molecule has 18 heavy (non-hydrogen) atoms. The van der Waals surface area contributed by atoms with Gasteiger partial charge in [-0.05, 0) is 24.1 Å². The van der Waals surface area contributed by atoms with E-state index in [0.717, 1.165) is 11.9 Å². The molecule has 0 aromatic heterocycles. The Kier molecular flexibility index (Phi) is 4.43. The molecule has 1 nitrogen and oxygen atoms in total. The zero-order valence-corrected chi connectivity index (χ0v) is 12.4. The smallest absolute Gasteiger partial charge is 0.0426 e. The summed E-state index contributed by atoms with van der Waals surface area (Å²) in [6.45, 7) is 3.07. The molecular formula is C16H18BrN. The summed E-state index contributed by atoms with van der Waals surface area (Å²) in [6, 6.07) is 17.2. The molecule has 2 aromatic rings. The lowest BCUT2D eigenvalue weighted by molar-refractivity contribution is 0.916. The standard InChI is InChI=1S/C16H18BrN/c1-13-8-9-16(15(10-13)11-17)18(2)12-14-6-4-3-5-7-14/h3-10H,11-12H2,1-2H3. The number of nitrogens with zero attached hydrogens (tertiary/aromatic N) is 1. The Morgan fingerprint density at radius 1 is 1.06 bits per heavy atom. The number of benzene rings is 2. The summed E-state index contributed by atoms with van der Waals surface area (Å²) in [5, 5.41) is 0.892. The lowest BCUT2D eigenvalue weighted by atomic mass is 10.1. The molecule has 0 aliphatic carbocycles. The van der Waals surface area contributed by atoms with Crippen LogP contribution in [0.25, 0.3) is 0 Å². The van der Waals surface area contributed by atoms with Gasteiger partial charge in [-0.3, -0.25) is 0 Å². The highest BCUT2D eigenvalue weighted by Crippen LogP contribution is 2.24. The van der Waals surface area contributed by atoms with E-state index in [1.54, 1.807) is 0 Å². The minimum atomic E-state index is 0.892. The number of aryl methyl sites for hydroxylation is 1. The number of hydrogen-bond donors (Lipinski definition) is 0. The lowest BCUT2D eigenvalue weighted by Gasteiger charge is -2.22. The highest BCUT2D eigenvalue weighted by molar-refractivity contribution is 9.08. The average Bonchev–Trinajstić information content (AvgIpc) is 2.39. The normalized spacial score (nSPS) is 10.4. The molecule has 0 heterocycles. The molecule has 2 aromatic carbocycles. The van der Waals surface area contributed by atoms with Crippen molar-refractivity contribution in [3.63, 3.8) is 0 Å². The van der Waals surface area contributed by atoms with Crippen LogP contribution in [0.3, 0.4) is 0 Å². The molecule has 0 saturated heterocycles. The van der Waals surface area contributed by atoms with E-state index in [2.05, 4.69) is 83.3 Å². The topological polar surface area (TPSA) is 3.24 Å². The predicted molar refractivity (Wildman–Crippen MR) is 82.4 cm³/mol. The van der Waals surface area contributed by atoms with Crippen LogP contribution >= 0.6 is 15.9 Å². The molecule has 0 aliphatic rings. The summed E-state index contributed by atoms with van der Waals surface area (Å²) in [7, 11) is 2.14. The Morgan fingerprint density at radius 2 is 1.78 bits per heavy atom. The fraction of sp³-hybridized carbons (Fsp3) is 0.250. The van der Waals surface area contributed by atoms with Gasteiger partial charge >= 0.3 is 0 Å². The Labute approximate surface area is 118 Å². The third-order valence-corrected chi connectivity index (χ3v) is 3.66. The first-order valence-electron chi connectivity index (χ1n) is 6.11. The van der Waals surface area contributed by atoms with E-state index in [-0.39, 0.29) is 0 Å². The summed E-state index contributed by atoms with van der Waals surface area (Å²) in [5.74, 6) is 0. The molecule has 0 spiro atoms. The maximum atomic E-state index is 3.57. The van der Waals surface area contributed by atoms with E-state index in [4.69, 9.17) is 0 Å². The number of hydrogen-bond acceptors (Lipinski definition) is 1. The van der Waals surface area contributed by atoms with Gasteiger partial charge in [0.25, 0.3) is 0 Å². The van der Waals surface area contributed by atoms with Gasteiger partial charge < -0.3 is 4.90 Å². The van der Waals surface area contributed by atoms with Crippen molar-refractivity contribution in [3.05, 3.63) is 65.2 Å². The Balaban J connectivity index is 2.21. The summed E-state index contributed by atoms with van der Waals surface area (Å²) >= 11 is 3.57. The second-order valence-corrected chi connectivity index (χ2v) is 5.17. The molecule has 0 N–H and O–H groups in total. The van der Waals surface area contributed by atoms with Crippen LogP contribution in [0, 0.1) is 6.92 Å². The van der Waals surface area contributed by atoms with Gasteiger partial charge in [0.1, 0.15) is 0 Å². The zero-order valence-electron chi connectivity index (χ0n) is 10.9. The summed E-state index contributed by atoms with van der Waals surface area (Å²) in [5.41, 5.74) is 5.28. The molecule has 0 unspecified atom stereocenters. The van der Waals surface area contributed by atoms with Crippen molar-refractivity contribution in [1.29, 1.82) is 0 Å². The summed E-state index contributed by atoms with van der Waals surface area (Å²) in [4.78, 5) is 2.30. The van der Waals surface area contributed by atoms with Crippen molar-refractivity contribution in [2.45, 2.75) is 18.8 Å². The quantitative estimate of drug-likeness (QED) is 0.750. The molecule has 94 valence electrons. The fourth-order valence-electron chi connectivity index (χ4n) is 2.14. The lowest BCUT2D eigenvalue weighted by Crippen LogP contribution is -2.17. The average molecular weight is 304 g/mol. The third-order valence-electron chi connectivity index (χ3n) is 3.05. The fourth-order valence-corrected chi connectivity index (χ4v) is 2.59. The molecule has 0 aliphatic heterocycles. The maximum absolute atomic E-state index is 3.57. The first-order chi connectivity index (χ1) is 8.70. The molecule has 0 amide bonds. The van der Waals surface area contributed by atoms with Crippen LogP contribution in [-0.4, -0.2) is 7.05 Å². The molecule has 2 heteroatoms. The van der Waals surface area contributed by atoms with Crippen LogP contribution < -0.4 is 4.90 Å². The minimum absolute atomic E-state index is 0.892. The molecule has 0 bridgehead atoms. The van der Waals surface area contributed by atoms with Crippen molar-refractivity contribution >= 4 is 21.6 Å². The van der Waals surface area contributed by atoms with Crippen LogP contribution in [-0.2, 0) is 11.9 Å². The van der Waals surface area contributed by atoms with Crippen molar-refractivity contribution in [3.8, 4) is 0 Å². The highest BCUT2D eigenvalue weighted by Gasteiger charge is 2.07. The van der Waals surface area contributed by atoms with Crippen molar-refractivity contribution < 1.29 is 0 Å². The molecule has 0 saturated carbocycles. The van der Waals surface area contributed by atoms with E-state index in [9.17, 15) is 0 Å². The largest absolute Gasteiger partial charge is 0.370 e. The zero-order chi connectivity index (χ0) is 13.0. The number of anilines is 1. The Morgan fingerprint density at radius 3 is 2.44 bits per heavy atom. The Bertz CT molecular complexity index is 508. The maximum Gasteiger partial charge on any atom is 0.0426 e. The minimum Gasteiger partial charge on any atom is -0.370 e. The van der Waals surface area contributed by atoms with Gasteiger partial charge in [0, 0.05) is 24.6 Å². The Hall–Kier alpha value is -1.28. The van der Waals surface area contributed by atoms with Crippen LogP contribution in [0.2, 0.25) is 0 Å². The molecule has 0 fully saturated rings. The van der Waals surface area contributed by atoms with Crippen molar-refractivity contribution in [1.82, 2.24) is 0 Å². The van der Waals surface area contributed by atoms with E-state index >= 15 is 0 Å². The van der Waals surface area contributed by atoms with Crippen LogP contribution in [0.1, 0.15) is 16.7 Å². The van der Waals surface area contributed by atoms with Gasteiger partial charge in [-0.15, -0.1) is 0 Å². The van der Waals surface area contributed by atoms with E-state index in [0.29, 0.717) is 0 Å². The number of halogens is 1. The van der Waals surface area contributed by atoms with Crippen LogP contribution in [0.5, 0.6) is 0 Å². The summed E-state index contributed by atoms with van der Waals surface area (Å²) in [6.07, 6.45) is 0. The second-order valence-electron chi connectivity index (χ2n) is 4.61. The van der Waals surface area contributed by atoms with Crippen LogP contribution in [0.15, 0.2) is 48.5 Å². The van der Waals surface area contributed by atoms with Gasteiger partial charge in [-0.2, -0.15) is 0 Å². The van der Waals surface area contributed by atoms with E-state index in [1.165, 1.54) is 22.4 Å². The van der Waals surface area contributed by atoms with Gasteiger partial charge in [0.05, 0.1) is 0 Å². The van der Waals surface area contributed by atoms with E-state index < -0.39 is 0 Å². The van der Waals surface area contributed by atoms with Gasteiger partial charge in [-0.1, -0.05) is 64.0 Å². The molecular weight excluding hydrogens is 286 g/mol. The first-order valence-corrected chi connectivity index (χ1v) is 7.23. The number of rotatable bonds is 4. The van der Waals surface area contributed by atoms with Crippen LogP contribution in [0.4, 0.5) is 5.69 Å². The molecule has 0 atom stereocenters. The molecule has 2 rings (SSSR count). The molecule has 0 radical (unpaired) electrons. The van der Waals surface area contributed by atoms with Gasteiger partial charge in [-0.25, -0.2) is 0 Å². The van der Waals surface area contributed by atoms with Crippen molar-refractivity contribution in [2.75, 3.05) is 11.9 Å². The third kappa shape index (κ3) is 3.14. The van der Waals surface area contributed by atoms with Crippen molar-refractivity contribution in [2.24, 2.45) is 0 Å². The predicted octanol–water partition coefficient (Wildman–Crippen LogP) is 4.53. The SMILES string of the molecule is Cc1ccc(N(C)Cc2ccccc2)c(CBr)c1. The number of alkyl halides is 1.